The second kappa shape index (κ2) is 4.14. The van der Waals surface area contributed by atoms with Gasteiger partial charge in [0, 0.05) is 11.4 Å². The maximum Gasteiger partial charge on any atom is 0.350 e. The Morgan fingerprint density at radius 3 is 2.44 bits per heavy atom. The molecule has 0 aliphatic heterocycles. The largest absolute Gasteiger partial charge is 0.465 e. The van der Waals surface area contributed by atoms with E-state index in [0.29, 0.717) is 4.88 Å². The van der Waals surface area contributed by atoms with Crippen molar-refractivity contribution in [3.63, 3.8) is 0 Å². The van der Waals surface area contributed by atoms with Gasteiger partial charge < -0.3 is 9.30 Å². The first-order chi connectivity index (χ1) is 7.65. The third-order valence-electron chi connectivity index (χ3n) is 2.53. The Hall–Kier alpha value is -1.55. The van der Waals surface area contributed by atoms with E-state index in [-0.39, 0.29) is 5.97 Å². The minimum Gasteiger partial charge on any atom is -0.465 e. The van der Waals surface area contributed by atoms with Crippen LogP contribution in [0.15, 0.2) is 23.6 Å². The number of hydrogen-bond acceptors (Lipinski definition) is 3. The minimum absolute atomic E-state index is 0.280. The maximum atomic E-state index is 11.6. The standard InChI is InChI=1S/C12H13NO2S/c1-8-4-5-9(2)13(8)10-6-7-16-11(10)12(14)15-3/h4-7H,1-3H3. The SMILES string of the molecule is COC(=O)c1sccc1-n1c(C)ccc1C. The molecule has 0 aliphatic carbocycles. The minimum atomic E-state index is -0.280. The molecule has 0 N–H and O–H groups in total. The van der Waals surface area contributed by atoms with Crippen LogP contribution in [0.5, 0.6) is 0 Å². The van der Waals surface area contributed by atoms with Crippen LogP contribution in [0, 0.1) is 13.8 Å². The van der Waals surface area contributed by atoms with Crippen molar-refractivity contribution in [1.29, 1.82) is 0 Å². The number of esters is 1. The molecule has 0 aliphatic rings. The summed E-state index contributed by atoms with van der Waals surface area (Å²) in [6.45, 7) is 4.04. The Bertz CT molecular complexity index is 505. The Kier molecular flexibility index (Phi) is 2.83. The second-order valence-electron chi connectivity index (χ2n) is 3.58. The van der Waals surface area contributed by atoms with E-state index in [1.807, 2.05) is 37.4 Å². The monoisotopic (exact) mass is 235 g/mol. The van der Waals surface area contributed by atoms with Gasteiger partial charge in [-0.25, -0.2) is 4.79 Å². The summed E-state index contributed by atoms with van der Waals surface area (Å²) in [6, 6.07) is 6.01. The molecule has 3 nitrogen and oxygen atoms in total. The summed E-state index contributed by atoms with van der Waals surface area (Å²) in [5, 5.41) is 1.90. The number of aryl methyl sites for hydroxylation is 2. The van der Waals surface area contributed by atoms with Crippen molar-refractivity contribution in [2.45, 2.75) is 13.8 Å². The van der Waals surface area contributed by atoms with Crippen molar-refractivity contribution < 1.29 is 9.53 Å². The number of rotatable bonds is 2. The van der Waals surface area contributed by atoms with Crippen LogP contribution in [0.3, 0.4) is 0 Å². The van der Waals surface area contributed by atoms with Crippen molar-refractivity contribution in [2.24, 2.45) is 0 Å². The molecule has 2 aromatic rings. The molecule has 0 bridgehead atoms. The molecule has 2 heterocycles. The van der Waals surface area contributed by atoms with Crippen molar-refractivity contribution in [2.75, 3.05) is 7.11 Å². The van der Waals surface area contributed by atoms with Crippen LogP contribution >= 0.6 is 11.3 Å². The average Bonchev–Trinajstić information content (AvgIpc) is 2.84. The van der Waals surface area contributed by atoms with Gasteiger partial charge in [0.05, 0.1) is 12.8 Å². The Morgan fingerprint density at radius 2 is 1.88 bits per heavy atom. The lowest BCUT2D eigenvalue weighted by molar-refractivity contribution is 0.0606. The van der Waals surface area contributed by atoms with Gasteiger partial charge in [0.15, 0.2) is 0 Å². The molecule has 0 amide bonds. The molecule has 0 radical (unpaired) electrons. The Balaban J connectivity index is 2.57. The molecule has 16 heavy (non-hydrogen) atoms. The summed E-state index contributed by atoms with van der Waals surface area (Å²) < 4.78 is 6.83. The third-order valence-corrected chi connectivity index (χ3v) is 3.41. The van der Waals surface area contributed by atoms with E-state index in [9.17, 15) is 4.79 Å². The van der Waals surface area contributed by atoms with Crippen molar-refractivity contribution in [3.05, 3.63) is 39.8 Å². The zero-order valence-corrected chi connectivity index (χ0v) is 10.3. The van der Waals surface area contributed by atoms with Crippen molar-refractivity contribution >= 4 is 17.3 Å². The fourth-order valence-corrected chi connectivity index (χ4v) is 2.57. The highest BCUT2D eigenvalue weighted by atomic mass is 32.1. The molecule has 0 saturated heterocycles. The fraction of sp³-hybridized carbons (Fsp3) is 0.250. The normalized spacial score (nSPS) is 10.4. The number of ether oxygens (including phenoxy) is 1. The molecular weight excluding hydrogens is 222 g/mol. The van der Waals surface area contributed by atoms with E-state index in [4.69, 9.17) is 4.74 Å². The summed E-state index contributed by atoms with van der Waals surface area (Å²) in [7, 11) is 1.40. The lowest BCUT2D eigenvalue weighted by Gasteiger charge is -2.09. The number of aromatic nitrogens is 1. The van der Waals surface area contributed by atoms with E-state index < -0.39 is 0 Å². The maximum absolute atomic E-state index is 11.6. The molecule has 2 aromatic heterocycles. The number of nitrogens with zero attached hydrogens (tertiary/aromatic N) is 1. The molecule has 0 spiro atoms. The van der Waals surface area contributed by atoms with Crippen LogP contribution in [0.4, 0.5) is 0 Å². The molecule has 4 heteroatoms. The zero-order chi connectivity index (χ0) is 11.7. The highest BCUT2D eigenvalue weighted by Crippen LogP contribution is 2.25. The smallest absolute Gasteiger partial charge is 0.350 e. The Labute approximate surface area is 98.3 Å². The molecule has 0 fully saturated rings. The van der Waals surface area contributed by atoms with Crippen LogP contribution < -0.4 is 0 Å². The molecule has 0 aromatic carbocycles. The number of thiophene rings is 1. The first-order valence-electron chi connectivity index (χ1n) is 4.96. The first-order valence-corrected chi connectivity index (χ1v) is 5.84. The van der Waals surface area contributed by atoms with E-state index in [1.54, 1.807) is 0 Å². The quantitative estimate of drug-likeness (QED) is 0.749. The zero-order valence-electron chi connectivity index (χ0n) is 9.48. The highest BCUT2D eigenvalue weighted by Gasteiger charge is 2.16. The molecular formula is C12H13NO2S. The van der Waals surface area contributed by atoms with E-state index in [0.717, 1.165) is 17.1 Å². The van der Waals surface area contributed by atoms with Gasteiger partial charge in [0.25, 0.3) is 0 Å². The van der Waals surface area contributed by atoms with Gasteiger partial charge in [-0.15, -0.1) is 11.3 Å². The lowest BCUT2D eigenvalue weighted by Crippen LogP contribution is -2.06. The van der Waals surface area contributed by atoms with Crippen LogP contribution in [-0.4, -0.2) is 17.6 Å². The van der Waals surface area contributed by atoms with Crippen LogP contribution in [0.1, 0.15) is 21.1 Å². The topological polar surface area (TPSA) is 31.2 Å². The van der Waals surface area contributed by atoms with Gasteiger partial charge in [-0.2, -0.15) is 0 Å². The summed E-state index contributed by atoms with van der Waals surface area (Å²) in [4.78, 5) is 12.2. The first kappa shape index (κ1) is 11.0. The highest BCUT2D eigenvalue weighted by molar-refractivity contribution is 7.12. The molecule has 0 atom stereocenters. The Morgan fingerprint density at radius 1 is 1.25 bits per heavy atom. The van der Waals surface area contributed by atoms with E-state index in [1.165, 1.54) is 18.4 Å². The van der Waals surface area contributed by atoms with Gasteiger partial charge in [-0.3, -0.25) is 0 Å². The molecule has 2 rings (SSSR count). The lowest BCUT2D eigenvalue weighted by atomic mass is 10.3. The molecule has 0 unspecified atom stereocenters. The number of hydrogen-bond donors (Lipinski definition) is 0. The van der Waals surface area contributed by atoms with Gasteiger partial charge in [0.1, 0.15) is 4.88 Å². The predicted molar refractivity (Wildman–Crippen MR) is 64.5 cm³/mol. The summed E-state index contributed by atoms with van der Waals surface area (Å²) in [6.07, 6.45) is 0. The molecule has 84 valence electrons. The summed E-state index contributed by atoms with van der Waals surface area (Å²) in [5.74, 6) is -0.280. The van der Waals surface area contributed by atoms with Gasteiger partial charge in [-0.05, 0) is 37.4 Å². The number of methoxy groups -OCH3 is 1. The van der Waals surface area contributed by atoms with Crippen LogP contribution in [0.2, 0.25) is 0 Å². The number of carbonyl (C=O) groups excluding carboxylic acids is 1. The van der Waals surface area contributed by atoms with Gasteiger partial charge in [0.2, 0.25) is 0 Å². The van der Waals surface area contributed by atoms with Crippen LogP contribution in [-0.2, 0) is 4.74 Å². The van der Waals surface area contributed by atoms with Crippen molar-refractivity contribution in [1.82, 2.24) is 4.57 Å². The fourth-order valence-electron chi connectivity index (χ4n) is 1.77. The summed E-state index contributed by atoms with van der Waals surface area (Å²) in [5.41, 5.74) is 3.12. The van der Waals surface area contributed by atoms with E-state index >= 15 is 0 Å². The summed E-state index contributed by atoms with van der Waals surface area (Å²) >= 11 is 1.40. The second-order valence-corrected chi connectivity index (χ2v) is 4.49. The van der Waals surface area contributed by atoms with Gasteiger partial charge in [-0.1, -0.05) is 0 Å². The van der Waals surface area contributed by atoms with Crippen LogP contribution in [0.25, 0.3) is 5.69 Å². The van der Waals surface area contributed by atoms with Crippen molar-refractivity contribution in [3.8, 4) is 5.69 Å². The predicted octanol–water partition coefficient (Wildman–Crippen LogP) is 2.94. The van der Waals surface area contributed by atoms with E-state index in [2.05, 4.69) is 4.57 Å². The van der Waals surface area contributed by atoms with Gasteiger partial charge >= 0.3 is 5.97 Å². The number of carbonyl (C=O) groups is 1. The third kappa shape index (κ3) is 1.65. The average molecular weight is 235 g/mol. The molecule has 0 saturated carbocycles.